The Bertz CT molecular complexity index is 1470. The van der Waals surface area contributed by atoms with Gasteiger partial charge in [-0.1, -0.05) is 18.5 Å². The lowest BCUT2D eigenvalue weighted by Gasteiger charge is -2.40. The third-order valence-corrected chi connectivity index (χ3v) is 6.86. The molecule has 1 aliphatic rings. The Balaban J connectivity index is 1.43. The summed E-state index contributed by atoms with van der Waals surface area (Å²) in [5, 5.41) is 9.47. The van der Waals surface area contributed by atoms with Gasteiger partial charge in [-0.05, 0) is 43.5 Å². The lowest BCUT2D eigenvalue weighted by atomic mass is 9.92. The molecule has 174 valence electrons. The number of carbonyl (C=O) groups is 1. The smallest absolute Gasteiger partial charge is 0.313 e. The largest absolute Gasteiger partial charge is 0.322 e. The highest BCUT2D eigenvalue weighted by molar-refractivity contribution is 7.00. The van der Waals surface area contributed by atoms with Gasteiger partial charge in [-0.2, -0.15) is 13.8 Å². The van der Waals surface area contributed by atoms with Crippen LogP contribution in [0, 0.1) is 5.82 Å². The second-order valence-corrected chi connectivity index (χ2v) is 9.00. The predicted octanol–water partition coefficient (Wildman–Crippen LogP) is 4.56. The fraction of sp³-hybridized carbons (Fsp3) is 0.273. The van der Waals surface area contributed by atoms with Gasteiger partial charge in [0.05, 0.1) is 34.2 Å². The van der Waals surface area contributed by atoms with E-state index in [-0.39, 0.29) is 22.3 Å². The van der Waals surface area contributed by atoms with Crippen LogP contribution in [0.5, 0.6) is 0 Å². The first-order valence-electron chi connectivity index (χ1n) is 10.6. The zero-order chi connectivity index (χ0) is 24.0. The number of nitrogens with zero attached hydrogens (tertiary/aromatic N) is 5. The number of aromatic nitrogens is 5. The van der Waals surface area contributed by atoms with Crippen LogP contribution in [0.4, 0.5) is 14.9 Å². The second kappa shape index (κ2) is 8.73. The molecule has 0 saturated carbocycles. The molecular formula is C22H19ClFN7O2S. The van der Waals surface area contributed by atoms with Gasteiger partial charge in [0.1, 0.15) is 11.3 Å². The lowest BCUT2D eigenvalue weighted by Crippen LogP contribution is -2.49. The fourth-order valence-electron chi connectivity index (χ4n) is 4.34. The summed E-state index contributed by atoms with van der Waals surface area (Å²) in [6.07, 6.45) is 2.70. The number of halogens is 2. The molecule has 4 heterocycles. The number of carbonyl (C=O) groups excluding carboxylic acids is 1. The summed E-state index contributed by atoms with van der Waals surface area (Å²) >= 11 is 7.50. The van der Waals surface area contributed by atoms with Crippen molar-refractivity contribution in [2.45, 2.75) is 38.8 Å². The number of aromatic amines is 1. The van der Waals surface area contributed by atoms with Crippen molar-refractivity contribution in [2.24, 2.45) is 0 Å². The van der Waals surface area contributed by atoms with Gasteiger partial charge in [0.15, 0.2) is 5.65 Å². The maximum Gasteiger partial charge on any atom is 0.322 e. The van der Waals surface area contributed by atoms with Gasteiger partial charge in [-0.3, -0.25) is 4.79 Å². The molecule has 2 atom stereocenters. The molecule has 2 amide bonds. The highest BCUT2D eigenvalue weighted by atomic mass is 35.5. The summed E-state index contributed by atoms with van der Waals surface area (Å²) in [5.74, 6) is -0.634. The molecule has 9 nitrogen and oxygen atoms in total. The van der Waals surface area contributed by atoms with E-state index in [0.29, 0.717) is 40.8 Å². The standard InChI is InChI=1S/C22H19ClFN7O2S/c1-3-13-4-11-6-19(32)27-28-20(11)10(2)31(13)22(33)26-17-8-15(23)14(7-16(17)24)12-5-18-21(25-9-12)30-34-29-18/h5-10,13H,3-4H2,1-2H3,(H,26,33)(H,27,32). The Morgan fingerprint density at radius 3 is 2.94 bits per heavy atom. The van der Waals surface area contributed by atoms with Crippen LogP contribution in [0.2, 0.25) is 5.02 Å². The van der Waals surface area contributed by atoms with E-state index in [1.54, 1.807) is 17.2 Å². The average molecular weight is 500 g/mol. The monoisotopic (exact) mass is 499 g/mol. The van der Waals surface area contributed by atoms with Gasteiger partial charge in [0.2, 0.25) is 0 Å². The van der Waals surface area contributed by atoms with Gasteiger partial charge in [-0.15, -0.1) is 0 Å². The van der Waals surface area contributed by atoms with Crippen LogP contribution < -0.4 is 10.9 Å². The minimum Gasteiger partial charge on any atom is -0.313 e. The fourth-order valence-corrected chi connectivity index (χ4v) is 5.09. The normalized spacial score (nSPS) is 17.6. The van der Waals surface area contributed by atoms with Gasteiger partial charge in [0, 0.05) is 29.4 Å². The quantitative estimate of drug-likeness (QED) is 0.427. The van der Waals surface area contributed by atoms with E-state index in [0.717, 1.165) is 17.3 Å². The van der Waals surface area contributed by atoms with Crippen LogP contribution in [0.15, 0.2) is 35.3 Å². The number of pyridine rings is 1. The number of benzene rings is 1. The minimum atomic E-state index is -0.634. The molecule has 2 unspecified atom stereocenters. The van der Waals surface area contributed by atoms with E-state index in [1.807, 2.05) is 13.8 Å². The zero-order valence-corrected chi connectivity index (χ0v) is 19.7. The topological polar surface area (TPSA) is 117 Å². The van der Waals surface area contributed by atoms with Crippen molar-refractivity contribution >= 4 is 46.2 Å². The van der Waals surface area contributed by atoms with E-state index in [1.165, 1.54) is 18.2 Å². The summed E-state index contributed by atoms with van der Waals surface area (Å²) in [4.78, 5) is 30.8. The SMILES string of the molecule is CCC1Cc2cc(=O)[nH]nc2C(C)N1C(=O)Nc1cc(Cl)c(-c2cnc3nsnc3c2)cc1F. The zero-order valence-electron chi connectivity index (χ0n) is 18.2. The van der Waals surface area contributed by atoms with Crippen LogP contribution >= 0.6 is 23.3 Å². The molecule has 0 bridgehead atoms. The van der Waals surface area contributed by atoms with Crippen molar-refractivity contribution in [3.63, 3.8) is 0 Å². The molecule has 0 radical (unpaired) electrons. The molecule has 0 saturated heterocycles. The molecule has 4 aromatic rings. The Labute approximate surface area is 202 Å². The predicted molar refractivity (Wildman–Crippen MR) is 128 cm³/mol. The van der Waals surface area contributed by atoms with Gasteiger partial charge < -0.3 is 10.2 Å². The molecule has 0 spiro atoms. The molecule has 0 fully saturated rings. The number of fused-ring (bicyclic) bond motifs is 2. The molecule has 3 aromatic heterocycles. The molecule has 34 heavy (non-hydrogen) atoms. The van der Waals surface area contributed by atoms with Crippen molar-refractivity contribution in [1.82, 2.24) is 28.8 Å². The van der Waals surface area contributed by atoms with E-state index < -0.39 is 17.9 Å². The number of rotatable bonds is 3. The van der Waals surface area contributed by atoms with Crippen LogP contribution in [-0.2, 0) is 6.42 Å². The molecular weight excluding hydrogens is 481 g/mol. The van der Waals surface area contributed by atoms with Gasteiger partial charge in [0.25, 0.3) is 5.56 Å². The van der Waals surface area contributed by atoms with E-state index in [9.17, 15) is 9.59 Å². The van der Waals surface area contributed by atoms with Crippen molar-refractivity contribution in [1.29, 1.82) is 0 Å². The van der Waals surface area contributed by atoms with Crippen LogP contribution in [-0.4, -0.2) is 40.9 Å². The average Bonchev–Trinajstić information content (AvgIpc) is 3.28. The highest BCUT2D eigenvalue weighted by Gasteiger charge is 2.36. The second-order valence-electron chi connectivity index (χ2n) is 8.07. The van der Waals surface area contributed by atoms with Crippen molar-refractivity contribution in [3.8, 4) is 11.1 Å². The number of nitrogens with one attached hydrogen (secondary N) is 2. The van der Waals surface area contributed by atoms with Crippen molar-refractivity contribution < 1.29 is 9.18 Å². The Hall–Kier alpha value is -3.44. The third-order valence-electron chi connectivity index (χ3n) is 6.01. The summed E-state index contributed by atoms with van der Waals surface area (Å²) in [6, 6.07) is 4.84. The first-order valence-corrected chi connectivity index (χ1v) is 11.7. The third kappa shape index (κ3) is 3.90. The molecule has 12 heteroatoms. The van der Waals surface area contributed by atoms with E-state index in [4.69, 9.17) is 11.6 Å². The lowest BCUT2D eigenvalue weighted by molar-refractivity contribution is 0.145. The Morgan fingerprint density at radius 1 is 1.32 bits per heavy atom. The molecule has 2 N–H and O–H groups in total. The number of amides is 2. The summed E-state index contributed by atoms with van der Waals surface area (Å²) in [7, 11) is 0. The molecule has 0 aliphatic carbocycles. The Morgan fingerprint density at radius 2 is 2.15 bits per heavy atom. The number of H-pyrrole nitrogens is 1. The van der Waals surface area contributed by atoms with Crippen LogP contribution in [0.1, 0.15) is 37.6 Å². The van der Waals surface area contributed by atoms with Crippen LogP contribution in [0.25, 0.3) is 22.3 Å². The number of anilines is 1. The molecule has 5 rings (SSSR count). The highest BCUT2D eigenvalue weighted by Crippen LogP contribution is 2.35. The first-order chi connectivity index (χ1) is 16.4. The molecule has 1 aliphatic heterocycles. The number of hydrogen-bond donors (Lipinski definition) is 2. The maximum absolute atomic E-state index is 15.1. The molecule has 1 aromatic carbocycles. The number of hydrogen-bond acceptors (Lipinski definition) is 7. The maximum atomic E-state index is 15.1. The van der Waals surface area contributed by atoms with Crippen LogP contribution in [0.3, 0.4) is 0 Å². The summed E-state index contributed by atoms with van der Waals surface area (Å²) in [5.41, 5.74) is 3.24. The minimum absolute atomic E-state index is 0.0367. The van der Waals surface area contributed by atoms with Crippen molar-refractivity contribution in [3.05, 3.63) is 62.9 Å². The Kier molecular flexibility index (Phi) is 5.74. The van der Waals surface area contributed by atoms with E-state index >= 15 is 4.39 Å². The van der Waals surface area contributed by atoms with Gasteiger partial charge in [-0.25, -0.2) is 19.3 Å². The summed E-state index contributed by atoms with van der Waals surface area (Å²) in [6.45, 7) is 3.78. The van der Waals surface area contributed by atoms with E-state index in [2.05, 4.69) is 29.2 Å². The van der Waals surface area contributed by atoms with Crippen molar-refractivity contribution in [2.75, 3.05) is 5.32 Å². The number of urea groups is 1. The summed E-state index contributed by atoms with van der Waals surface area (Å²) < 4.78 is 23.3. The van der Waals surface area contributed by atoms with Gasteiger partial charge >= 0.3 is 6.03 Å². The first kappa shape index (κ1) is 22.4.